The Hall–Kier alpha value is -2.53. The summed E-state index contributed by atoms with van der Waals surface area (Å²) in [5, 5.41) is 0. The molecule has 2 aromatic rings. The van der Waals surface area contributed by atoms with Gasteiger partial charge in [0.25, 0.3) is 0 Å². The molecule has 1 saturated heterocycles. The van der Waals surface area contributed by atoms with Crippen LogP contribution in [0.4, 0.5) is 0 Å². The standard InChI is InChI=1S/C23H27NO4/c1-26-22-12-18-19(25)13-20(28-21(18)14-23(22)27-2)17-8-6-16(7-9-17)15-24-10-4-3-5-11-24/h6-9,12,14,20H,3-5,10-11,13,15H2,1-2H3. The highest BCUT2D eigenvalue weighted by Crippen LogP contribution is 2.41. The van der Waals surface area contributed by atoms with E-state index in [1.807, 2.05) is 0 Å². The zero-order chi connectivity index (χ0) is 19.5. The first-order chi connectivity index (χ1) is 13.7. The van der Waals surface area contributed by atoms with Gasteiger partial charge in [0.1, 0.15) is 11.9 Å². The maximum absolute atomic E-state index is 12.7. The number of likely N-dealkylation sites (tertiary alicyclic amines) is 1. The van der Waals surface area contributed by atoms with Gasteiger partial charge in [-0.25, -0.2) is 0 Å². The largest absolute Gasteiger partial charge is 0.493 e. The van der Waals surface area contributed by atoms with Crippen LogP contribution in [0.25, 0.3) is 0 Å². The molecule has 1 fully saturated rings. The van der Waals surface area contributed by atoms with E-state index in [1.54, 1.807) is 26.4 Å². The number of ketones is 1. The Kier molecular flexibility index (Phi) is 5.53. The molecule has 5 heteroatoms. The van der Waals surface area contributed by atoms with Crippen LogP contribution < -0.4 is 14.2 Å². The Morgan fingerprint density at radius 2 is 1.68 bits per heavy atom. The van der Waals surface area contributed by atoms with E-state index in [0.29, 0.717) is 29.2 Å². The summed E-state index contributed by atoms with van der Waals surface area (Å²) in [4.78, 5) is 15.2. The molecular formula is C23H27NO4. The number of fused-ring (bicyclic) bond motifs is 1. The van der Waals surface area contributed by atoms with Crippen LogP contribution in [-0.2, 0) is 6.54 Å². The molecule has 5 nitrogen and oxygen atoms in total. The number of methoxy groups -OCH3 is 2. The minimum atomic E-state index is -0.276. The van der Waals surface area contributed by atoms with Crippen molar-refractivity contribution in [1.29, 1.82) is 0 Å². The first-order valence-corrected chi connectivity index (χ1v) is 9.95. The van der Waals surface area contributed by atoms with Gasteiger partial charge in [-0.1, -0.05) is 30.7 Å². The molecule has 0 radical (unpaired) electrons. The average molecular weight is 381 g/mol. The average Bonchev–Trinajstić information content (AvgIpc) is 2.74. The normalized spacial score (nSPS) is 19.6. The van der Waals surface area contributed by atoms with Crippen LogP contribution in [0.5, 0.6) is 17.2 Å². The monoisotopic (exact) mass is 381 g/mol. The third-order valence-corrected chi connectivity index (χ3v) is 5.63. The molecular weight excluding hydrogens is 354 g/mol. The Morgan fingerprint density at radius 1 is 1.00 bits per heavy atom. The Morgan fingerprint density at radius 3 is 2.36 bits per heavy atom. The van der Waals surface area contributed by atoms with E-state index in [4.69, 9.17) is 14.2 Å². The fourth-order valence-electron chi connectivity index (χ4n) is 4.05. The third kappa shape index (κ3) is 3.85. The van der Waals surface area contributed by atoms with Gasteiger partial charge >= 0.3 is 0 Å². The summed E-state index contributed by atoms with van der Waals surface area (Å²) in [7, 11) is 3.14. The molecule has 148 valence electrons. The van der Waals surface area contributed by atoms with E-state index in [1.165, 1.54) is 37.9 Å². The van der Waals surface area contributed by atoms with Gasteiger partial charge in [0.05, 0.1) is 26.2 Å². The lowest BCUT2D eigenvalue weighted by atomic mass is 9.95. The first-order valence-electron chi connectivity index (χ1n) is 9.95. The molecule has 4 rings (SSSR count). The molecule has 2 aliphatic rings. The van der Waals surface area contributed by atoms with E-state index in [0.717, 1.165) is 12.1 Å². The molecule has 0 saturated carbocycles. The molecule has 2 aliphatic heterocycles. The quantitative estimate of drug-likeness (QED) is 0.768. The summed E-state index contributed by atoms with van der Waals surface area (Å²) < 4.78 is 16.8. The lowest BCUT2D eigenvalue weighted by molar-refractivity contribution is 0.0848. The molecule has 0 amide bonds. The van der Waals surface area contributed by atoms with Gasteiger partial charge < -0.3 is 14.2 Å². The van der Waals surface area contributed by atoms with Crippen molar-refractivity contribution in [2.45, 2.75) is 38.3 Å². The van der Waals surface area contributed by atoms with Crippen molar-refractivity contribution < 1.29 is 19.0 Å². The SMILES string of the molecule is COc1cc2c(cc1OC)C(=O)CC(c1ccc(CN3CCCCC3)cc1)O2. The Balaban J connectivity index is 1.50. The van der Waals surface area contributed by atoms with Crippen LogP contribution in [0.1, 0.15) is 53.3 Å². The second-order valence-electron chi connectivity index (χ2n) is 7.52. The molecule has 1 unspecified atom stereocenters. The molecule has 0 aromatic heterocycles. The highest BCUT2D eigenvalue weighted by molar-refractivity contribution is 6.00. The second kappa shape index (κ2) is 8.23. The topological polar surface area (TPSA) is 48.0 Å². The van der Waals surface area contributed by atoms with Crippen molar-refractivity contribution >= 4 is 5.78 Å². The number of carbonyl (C=O) groups is 1. The Labute approximate surface area is 166 Å². The summed E-state index contributed by atoms with van der Waals surface area (Å²) in [6.07, 6.45) is 3.99. The van der Waals surface area contributed by atoms with Gasteiger partial charge in [-0.05, 0) is 43.1 Å². The predicted octanol–water partition coefficient (Wildman–Crippen LogP) is 4.40. The van der Waals surface area contributed by atoms with Crippen LogP contribution in [0, 0.1) is 0 Å². The molecule has 2 aromatic carbocycles. The number of benzene rings is 2. The van der Waals surface area contributed by atoms with Crippen LogP contribution in [0.15, 0.2) is 36.4 Å². The van der Waals surface area contributed by atoms with Crippen molar-refractivity contribution in [2.24, 2.45) is 0 Å². The highest BCUT2D eigenvalue weighted by Gasteiger charge is 2.29. The number of carbonyl (C=O) groups excluding carboxylic acids is 1. The lowest BCUT2D eigenvalue weighted by Gasteiger charge is -2.28. The fourth-order valence-corrected chi connectivity index (χ4v) is 4.05. The van der Waals surface area contributed by atoms with Gasteiger partial charge in [0, 0.05) is 12.6 Å². The molecule has 2 heterocycles. The molecule has 0 aliphatic carbocycles. The summed E-state index contributed by atoms with van der Waals surface area (Å²) >= 11 is 0. The van der Waals surface area contributed by atoms with Crippen molar-refractivity contribution in [1.82, 2.24) is 4.90 Å². The van der Waals surface area contributed by atoms with Crippen molar-refractivity contribution in [2.75, 3.05) is 27.3 Å². The lowest BCUT2D eigenvalue weighted by Crippen LogP contribution is -2.29. The number of hydrogen-bond acceptors (Lipinski definition) is 5. The van der Waals surface area contributed by atoms with E-state index in [2.05, 4.69) is 29.2 Å². The molecule has 1 atom stereocenters. The summed E-state index contributed by atoms with van der Waals surface area (Å²) in [5.74, 6) is 1.71. The fraction of sp³-hybridized carbons (Fsp3) is 0.435. The summed E-state index contributed by atoms with van der Waals surface area (Å²) in [5.41, 5.74) is 2.88. The maximum atomic E-state index is 12.7. The van der Waals surface area contributed by atoms with Crippen LogP contribution in [0.3, 0.4) is 0 Å². The third-order valence-electron chi connectivity index (χ3n) is 5.63. The number of rotatable bonds is 5. The number of nitrogens with zero attached hydrogens (tertiary/aromatic N) is 1. The number of piperidine rings is 1. The Bertz CT molecular complexity index is 840. The van der Waals surface area contributed by atoms with Crippen molar-refractivity contribution in [3.63, 3.8) is 0 Å². The minimum Gasteiger partial charge on any atom is -0.493 e. The number of Topliss-reactive ketones (excluding diaryl/α,β-unsaturated/α-hetero) is 1. The van der Waals surface area contributed by atoms with E-state index in [9.17, 15) is 4.79 Å². The summed E-state index contributed by atoms with van der Waals surface area (Å²) in [6, 6.07) is 11.9. The zero-order valence-corrected chi connectivity index (χ0v) is 16.6. The minimum absolute atomic E-state index is 0.0598. The van der Waals surface area contributed by atoms with Gasteiger partial charge in [0.15, 0.2) is 17.3 Å². The van der Waals surface area contributed by atoms with Crippen LogP contribution >= 0.6 is 0 Å². The molecule has 0 spiro atoms. The van der Waals surface area contributed by atoms with Crippen LogP contribution in [0.2, 0.25) is 0 Å². The van der Waals surface area contributed by atoms with E-state index >= 15 is 0 Å². The van der Waals surface area contributed by atoms with Gasteiger partial charge in [-0.15, -0.1) is 0 Å². The predicted molar refractivity (Wildman–Crippen MR) is 107 cm³/mol. The zero-order valence-electron chi connectivity index (χ0n) is 16.6. The maximum Gasteiger partial charge on any atom is 0.170 e. The van der Waals surface area contributed by atoms with Gasteiger partial charge in [0.2, 0.25) is 0 Å². The van der Waals surface area contributed by atoms with E-state index in [-0.39, 0.29) is 11.9 Å². The van der Waals surface area contributed by atoms with Gasteiger partial charge in [-0.3, -0.25) is 9.69 Å². The second-order valence-corrected chi connectivity index (χ2v) is 7.52. The molecule has 0 N–H and O–H groups in total. The molecule has 28 heavy (non-hydrogen) atoms. The van der Waals surface area contributed by atoms with E-state index < -0.39 is 0 Å². The first kappa shape index (κ1) is 18.8. The summed E-state index contributed by atoms with van der Waals surface area (Å²) in [6.45, 7) is 3.36. The van der Waals surface area contributed by atoms with Crippen LogP contribution in [-0.4, -0.2) is 38.0 Å². The smallest absolute Gasteiger partial charge is 0.170 e. The highest BCUT2D eigenvalue weighted by atomic mass is 16.5. The van der Waals surface area contributed by atoms with Crippen molar-refractivity contribution in [3.8, 4) is 17.2 Å². The molecule has 0 bridgehead atoms. The number of ether oxygens (including phenoxy) is 3. The van der Waals surface area contributed by atoms with Crippen molar-refractivity contribution in [3.05, 3.63) is 53.1 Å². The van der Waals surface area contributed by atoms with Gasteiger partial charge in [-0.2, -0.15) is 0 Å². The number of hydrogen-bond donors (Lipinski definition) is 0.